The first-order valence-corrected chi connectivity index (χ1v) is 14.0. The van der Waals surface area contributed by atoms with Gasteiger partial charge in [-0.2, -0.15) is 5.10 Å². The van der Waals surface area contributed by atoms with E-state index in [9.17, 15) is 4.79 Å². The van der Waals surface area contributed by atoms with Gasteiger partial charge in [0, 0.05) is 50.5 Å². The molecular weight excluding hydrogens is 488 g/mol. The Bertz CT molecular complexity index is 1640. The van der Waals surface area contributed by atoms with E-state index in [4.69, 9.17) is 15.7 Å². The predicted octanol–water partition coefficient (Wildman–Crippen LogP) is 3.87. The fourth-order valence-corrected chi connectivity index (χ4v) is 7.47. The largest absolute Gasteiger partial charge is 0.355 e. The predicted molar refractivity (Wildman–Crippen MR) is 150 cm³/mol. The third-order valence-corrected chi connectivity index (χ3v) is 9.65. The summed E-state index contributed by atoms with van der Waals surface area (Å²) < 4.78 is 0. The van der Waals surface area contributed by atoms with E-state index in [1.807, 2.05) is 19.3 Å². The molecular formula is C30H32N8O. The van der Waals surface area contributed by atoms with Crippen molar-refractivity contribution in [2.24, 2.45) is 11.1 Å². The summed E-state index contributed by atoms with van der Waals surface area (Å²) in [4.78, 5) is 28.7. The van der Waals surface area contributed by atoms with Crippen molar-refractivity contribution in [3.63, 3.8) is 0 Å². The van der Waals surface area contributed by atoms with Gasteiger partial charge in [0.1, 0.15) is 5.82 Å². The summed E-state index contributed by atoms with van der Waals surface area (Å²) in [6, 6.07) is 12.8. The fraction of sp³-hybridized carbons (Fsp3) is 0.400. The first kappa shape index (κ1) is 23.0. The van der Waals surface area contributed by atoms with E-state index >= 15 is 0 Å². The van der Waals surface area contributed by atoms with Crippen molar-refractivity contribution < 1.29 is 4.79 Å². The quantitative estimate of drug-likeness (QED) is 0.413. The molecule has 3 aliphatic heterocycles. The second-order valence-corrected chi connectivity index (χ2v) is 11.7. The summed E-state index contributed by atoms with van der Waals surface area (Å²) in [7, 11) is 1.87. The smallest absolute Gasteiger partial charge is 0.254 e. The van der Waals surface area contributed by atoms with Crippen LogP contribution in [-0.4, -0.2) is 57.7 Å². The SMILES string of the molecule is CN1Cc2c(ccc3c2CCCN3c2n[nH]c3nc(N4CCC5(CC4)Cc4ccccc4[C@H]5N)cnc23)C1=O. The summed E-state index contributed by atoms with van der Waals surface area (Å²) in [5, 5.41) is 7.84. The maximum Gasteiger partial charge on any atom is 0.254 e. The zero-order valence-corrected chi connectivity index (χ0v) is 22.2. The van der Waals surface area contributed by atoms with Gasteiger partial charge in [-0.05, 0) is 71.9 Å². The molecule has 39 heavy (non-hydrogen) atoms. The molecule has 0 saturated carbocycles. The van der Waals surface area contributed by atoms with Crippen molar-refractivity contribution >= 4 is 34.4 Å². The number of aromatic amines is 1. The van der Waals surface area contributed by atoms with E-state index in [0.717, 1.165) is 85.7 Å². The molecule has 0 unspecified atom stereocenters. The number of nitrogens with one attached hydrogen (secondary N) is 1. The van der Waals surface area contributed by atoms with Crippen LogP contribution < -0.4 is 15.5 Å². The van der Waals surface area contributed by atoms with Gasteiger partial charge in [-0.3, -0.25) is 9.89 Å². The average Bonchev–Trinajstić information content (AvgIpc) is 3.61. The number of nitrogens with two attached hydrogens (primary N) is 1. The second kappa shape index (κ2) is 8.26. The van der Waals surface area contributed by atoms with Crippen LogP contribution in [0.25, 0.3) is 11.2 Å². The summed E-state index contributed by atoms with van der Waals surface area (Å²) in [6.07, 6.45) is 7.02. The maximum atomic E-state index is 12.5. The number of carbonyl (C=O) groups excluding carboxylic acids is 1. The van der Waals surface area contributed by atoms with Gasteiger partial charge >= 0.3 is 0 Å². The Morgan fingerprint density at radius 3 is 2.77 bits per heavy atom. The van der Waals surface area contributed by atoms with E-state index in [-0.39, 0.29) is 17.4 Å². The van der Waals surface area contributed by atoms with Crippen LogP contribution >= 0.6 is 0 Å². The topological polar surface area (TPSA) is 107 Å². The molecule has 198 valence electrons. The van der Waals surface area contributed by atoms with E-state index in [2.05, 4.69) is 50.3 Å². The molecule has 2 aromatic carbocycles. The minimum atomic E-state index is 0.103. The van der Waals surface area contributed by atoms with Gasteiger partial charge in [-0.1, -0.05) is 24.3 Å². The number of benzene rings is 2. The van der Waals surface area contributed by atoms with Gasteiger partial charge in [-0.25, -0.2) is 9.97 Å². The van der Waals surface area contributed by atoms with Crippen LogP contribution in [0.1, 0.15) is 57.9 Å². The number of rotatable bonds is 2. The molecule has 9 heteroatoms. The van der Waals surface area contributed by atoms with Crippen molar-refractivity contribution in [2.75, 3.05) is 36.5 Å². The summed E-state index contributed by atoms with van der Waals surface area (Å²) >= 11 is 0. The van der Waals surface area contributed by atoms with Crippen molar-refractivity contribution in [3.05, 3.63) is 70.4 Å². The lowest BCUT2D eigenvalue weighted by Crippen LogP contribution is -2.44. The zero-order valence-electron chi connectivity index (χ0n) is 22.2. The van der Waals surface area contributed by atoms with E-state index in [1.165, 1.54) is 16.7 Å². The van der Waals surface area contributed by atoms with E-state index in [1.54, 1.807) is 4.90 Å². The highest BCUT2D eigenvalue weighted by molar-refractivity contribution is 6.00. The van der Waals surface area contributed by atoms with Crippen LogP contribution in [0, 0.1) is 5.41 Å². The molecule has 5 heterocycles. The highest BCUT2D eigenvalue weighted by Gasteiger charge is 2.46. The van der Waals surface area contributed by atoms with Crippen molar-refractivity contribution in [2.45, 2.75) is 44.7 Å². The molecule has 1 atom stereocenters. The van der Waals surface area contributed by atoms with Crippen LogP contribution in [0.3, 0.4) is 0 Å². The Morgan fingerprint density at radius 1 is 1.08 bits per heavy atom. The minimum absolute atomic E-state index is 0.103. The van der Waals surface area contributed by atoms with Crippen LogP contribution in [-0.2, 0) is 19.4 Å². The number of nitrogens with zero attached hydrogens (tertiary/aromatic N) is 6. The monoisotopic (exact) mass is 520 g/mol. The van der Waals surface area contributed by atoms with Crippen LogP contribution in [0.4, 0.5) is 17.3 Å². The lowest BCUT2D eigenvalue weighted by Gasteiger charge is -2.42. The fourth-order valence-electron chi connectivity index (χ4n) is 7.47. The van der Waals surface area contributed by atoms with E-state index in [0.29, 0.717) is 12.2 Å². The molecule has 4 aromatic rings. The lowest BCUT2D eigenvalue weighted by molar-refractivity contribution is 0.0816. The number of aromatic nitrogens is 4. The van der Waals surface area contributed by atoms with Gasteiger partial charge < -0.3 is 20.4 Å². The van der Waals surface area contributed by atoms with E-state index < -0.39 is 0 Å². The molecule has 3 N–H and O–H groups in total. The molecule has 4 aliphatic rings. The minimum Gasteiger partial charge on any atom is -0.355 e. The zero-order chi connectivity index (χ0) is 26.3. The first-order valence-electron chi connectivity index (χ1n) is 14.0. The third-order valence-electron chi connectivity index (χ3n) is 9.65. The summed E-state index contributed by atoms with van der Waals surface area (Å²) in [5.41, 5.74) is 15.5. The van der Waals surface area contributed by atoms with Crippen molar-refractivity contribution in [1.29, 1.82) is 0 Å². The normalized spacial score (nSPS) is 21.5. The average molecular weight is 521 g/mol. The number of hydrogen-bond donors (Lipinski definition) is 2. The Labute approximate surface area is 227 Å². The Kier molecular flexibility index (Phi) is 4.86. The van der Waals surface area contributed by atoms with Crippen LogP contribution in [0.15, 0.2) is 42.6 Å². The van der Waals surface area contributed by atoms with Crippen LogP contribution in [0.5, 0.6) is 0 Å². The van der Waals surface area contributed by atoms with Gasteiger partial charge in [0.25, 0.3) is 5.91 Å². The highest BCUT2D eigenvalue weighted by atomic mass is 16.2. The van der Waals surface area contributed by atoms with Gasteiger partial charge in [0.05, 0.1) is 6.20 Å². The number of fused-ring (bicyclic) bond motifs is 5. The molecule has 1 spiro atoms. The standard InChI is InChI=1S/C30H32N8O/c1-36-17-22-20-7-4-12-38(23(20)9-8-21(22)29(36)39)28-25-27(34-35-28)33-24(16-32-25)37-13-10-30(11-14-37)15-18-5-2-3-6-19(18)26(30)31/h2-3,5-6,8-9,16,26H,4,7,10-15,17,31H2,1H3,(H,33,34,35)/t26-/m1/s1. The molecule has 1 saturated heterocycles. The lowest BCUT2D eigenvalue weighted by atomic mass is 9.73. The molecule has 0 radical (unpaired) electrons. The summed E-state index contributed by atoms with van der Waals surface area (Å²) in [5.74, 6) is 1.79. The Balaban J connectivity index is 1.05. The molecule has 0 bridgehead atoms. The molecule has 1 amide bonds. The third kappa shape index (κ3) is 3.29. The Hall–Kier alpha value is -3.98. The number of amides is 1. The molecule has 1 fully saturated rings. The number of piperidine rings is 1. The molecule has 8 rings (SSSR count). The first-order chi connectivity index (χ1) is 19.0. The van der Waals surface area contributed by atoms with Gasteiger partial charge in [0.15, 0.2) is 17.0 Å². The van der Waals surface area contributed by atoms with Crippen LogP contribution in [0.2, 0.25) is 0 Å². The molecule has 9 nitrogen and oxygen atoms in total. The Morgan fingerprint density at radius 2 is 1.92 bits per heavy atom. The number of H-pyrrole nitrogens is 1. The van der Waals surface area contributed by atoms with Crippen molar-refractivity contribution in [3.8, 4) is 0 Å². The molecule has 2 aromatic heterocycles. The molecule has 1 aliphatic carbocycles. The number of carbonyl (C=O) groups is 1. The van der Waals surface area contributed by atoms with Crippen molar-refractivity contribution in [1.82, 2.24) is 25.1 Å². The number of hydrogen-bond acceptors (Lipinski definition) is 7. The van der Waals surface area contributed by atoms with Gasteiger partial charge in [-0.15, -0.1) is 0 Å². The summed E-state index contributed by atoms with van der Waals surface area (Å²) in [6.45, 7) is 3.36. The van der Waals surface area contributed by atoms with Gasteiger partial charge in [0.2, 0.25) is 0 Å². The second-order valence-electron chi connectivity index (χ2n) is 11.7. The highest BCUT2D eigenvalue weighted by Crippen LogP contribution is 2.51. The number of anilines is 3. The maximum absolute atomic E-state index is 12.5.